The molecular formula is C15H32N2O2. The smallest absolute Gasteiger partial charge is 0.225 e. The molecule has 0 aliphatic carbocycles. The van der Waals surface area contributed by atoms with Gasteiger partial charge >= 0.3 is 0 Å². The Kier molecular flexibility index (Phi) is 12.8. The number of carbonyl (C=O) groups is 2. The van der Waals surface area contributed by atoms with E-state index in [0.29, 0.717) is 5.91 Å². The van der Waals surface area contributed by atoms with Crippen molar-refractivity contribution in [2.75, 3.05) is 20.1 Å². The molecule has 0 aromatic heterocycles. The van der Waals surface area contributed by atoms with Gasteiger partial charge in [-0.1, -0.05) is 41.5 Å². The van der Waals surface area contributed by atoms with Crippen molar-refractivity contribution in [3.05, 3.63) is 0 Å². The Hall–Kier alpha value is -1.06. The highest BCUT2D eigenvalue weighted by Gasteiger charge is 2.23. The third-order valence-electron chi connectivity index (χ3n) is 3.02. The van der Waals surface area contributed by atoms with Crippen LogP contribution in [0.1, 0.15) is 54.4 Å². The van der Waals surface area contributed by atoms with Gasteiger partial charge in [0, 0.05) is 32.0 Å². The van der Waals surface area contributed by atoms with Gasteiger partial charge in [0.1, 0.15) is 0 Å². The maximum Gasteiger partial charge on any atom is 0.225 e. The van der Waals surface area contributed by atoms with Gasteiger partial charge in [-0.2, -0.15) is 0 Å². The van der Waals surface area contributed by atoms with Crippen LogP contribution < -0.4 is 5.32 Å². The van der Waals surface area contributed by atoms with Gasteiger partial charge in [-0.25, -0.2) is 0 Å². The van der Waals surface area contributed by atoms with Crippen LogP contribution in [0.5, 0.6) is 0 Å². The predicted octanol–water partition coefficient (Wildman–Crippen LogP) is 2.68. The third kappa shape index (κ3) is 7.85. The van der Waals surface area contributed by atoms with Gasteiger partial charge in [0.25, 0.3) is 0 Å². The van der Waals surface area contributed by atoms with E-state index in [0.717, 1.165) is 25.9 Å². The molecule has 2 aliphatic rings. The highest BCUT2D eigenvalue weighted by Crippen LogP contribution is 2.13. The average Bonchev–Trinajstić information content (AvgIpc) is 2.96. The van der Waals surface area contributed by atoms with Gasteiger partial charge in [-0.15, -0.1) is 0 Å². The lowest BCUT2D eigenvalue weighted by molar-refractivity contribution is -0.129. The van der Waals surface area contributed by atoms with Crippen LogP contribution in [0.15, 0.2) is 0 Å². The Morgan fingerprint density at radius 2 is 1.53 bits per heavy atom. The molecule has 0 radical (unpaired) electrons. The van der Waals surface area contributed by atoms with Crippen LogP contribution in [-0.2, 0) is 9.59 Å². The van der Waals surface area contributed by atoms with Crippen LogP contribution in [0, 0.1) is 11.8 Å². The quantitative estimate of drug-likeness (QED) is 0.737. The van der Waals surface area contributed by atoms with Crippen LogP contribution in [0.2, 0.25) is 0 Å². The lowest BCUT2D eigenvalue weighted by atomic mass is 10.1. The van der Waals surface area contributed by atoms with E-state index < -0.39 is 0 Å². The topological polar surface area (TPSA) is 49.4 Å². The molecule has 2 aliphatic heterocycles. The lowest BCUT2D eigenvalue weighted by Crippen LogP contribution is -2.21. The first-order chi connectivity index (χ1) is 9.02. The normalized spacial score (nSPS) is 24.3. The minimum absolute atomic E-state index is 0.208. The Labute approximate surface area is 118 Å². The minimum Gasteiger partial charge on any atom is -0.356 e. The molecule has 0 saturated carbocycles. The third-order valence-corrected chi connectivity index (χ3v) is 3.02. The summed E-state index contributed by atoms with van der Waals surface area (Å²) in [5.41, 5.74) is 0. The van der Waals surface area contributed by atoms with E-state index in [4.69, 9.17) is 0 Å². The van der Waals surface area contributed by atoms with Crippen molar-refractivity contribution in [1.29, 1.82) is 0 Å². The number of amides is 2. The molecular weight excluding hydrogens is 240 g/mol. The largest absolute Gasteiger partial charge is 0.356 e. The summed E-state index contributed by atoms with van der Waals surface area (Å²) in [5, 5.41) is 2.73. The molecule has 2 amide bonds. The number of hydrogen-bond donors (Lipinski definition) is 1. The second-order valence-electron chi connectivity index (χ2n) is 4.43. The van der Waals surface area contributed by atoms with Crippen molar-refractivity contribution in [2.45, 2.75) is 54.4 Å². The lowest BCUT2D eigenvalue weighted by Gasteiger charge is -2.05. The summed E-state index contributed by atoms with van der Waals surface area (Å²) in [6.45, 7) is 13.7. The fourth-order valence-electron chi connectivity index (χ4n) is 1.71. The van der Waals surface area contributed by atoms with E-state index in [-0.39, 0.29) is 17.7 Å². The second-order valence-corrected chi connectivity index (χ2v) is 4.43. The fraction of sp³-hybridized carbons (Fsp3) is 0.867. The molecule has 0 aromatic carbocycles. The van der Waals surface area contributed by atoms with E-state index in [9.17, 15) is 9.59 Å². The van der Waals surface area contributed by atoms with E-state index >= 15 is 0 Å². The Balaban J connectivity index is 0. The minimum atomic E-state index is 0.208. The van der Waals surface area contributed by atoms with Crippen molar-refractivity contribution < 1.29 is 9.59 Å². The summed E-state index contributed by atoms with van der Waals surface area (Å²) in [6, 6.07) is 0. The summed E-state index contributed by atoms with van der Waals surface area (Å²) >= 11 is 0. The predicted molar refractivity (Wildman–Crippen MR) is 80.9 cm³/mol. The summed E-state index contributed by atoms with van der Waals surface area (Å²) in [6.07, 6.45) is 2.05. The Morgan fingerprint density at radius 1 is 1.00 bits per heavy atom. The van der Waals surface area contributed by atoms with Crippen molar-refractivity contribution >= 4 is 11.8 Å². The van der Waals surface area contributed by atoms with Gasteiger partial charge < -0.3 is 10.2 Å². The highest BCUT2D eigenvalue weighted by atomic mass is 16.2. The molecule has 1 N–H and O–H groups in total. The first kappa shape index (κ1) is 20.3. The van der Waals surface area contributed by atoms with E-state index in [1.165, 1.54) is 0 Å². The second kappa shape index (κ2) is 12.0. The fourth-order valence-corrected chi connectivity index (χ4v) is 1.71. The molecule has 2 unspecified atom stereocenters. The maximum atomic E-state index is 10.8. The highest BCUT2D eigenvalue weighted by molar-refractivity contribution is 5.80. The molecule has 2 saturated heterocycles. The summed E-state index contributed by atoms with van der Waals surface area (Å²) in [4.78, 5) is 23.1. The average molecular weight is 272 g/mol. The van der Waals surface area contributed by atoms with Crippen molar-refractivity contribution in [2.24, 2.45) is 11.8 Å². The Morgan fingerprint density at radius 3 is 1.63 bits per heavy atom. The Bertz CT molecular complexity index is 243. The zero-order valence-corrected chi connectivity index (χ0v) is 13.7. The van der Waals surface area contributed by atoms with Gasteiger partial charge in [0.2, 0.25) is 11.8 Å². The van der Waals surface area contributed by atoms with Crippen LogP contribution in [-0.4, -0.2) is 36.9 Å². The SMILES string of the molecule is CC.CC.CC1CCN(C)C1=O.CC1CCNC1=O. The number of carbonyl (C=O) groups excluding carboxylic acids is 2. The molecule has 2 atom stereocenters. The van der Waals surface area contributed by atoms with Crippen LogP contribution in [0.25, 0.3) is 0 Å². The van der Waals surface area contributed by atoms with E-state index in [1.54, 1.807) is 4.90 Å². The molecule has 0 spiro atoms. The monoisotopic (exact) mass is 272 g/mol. The number of hydrogen-bond acceptors (Lipinski definition) is 2. The molecule has 0 aromatic rings. The summed E-state index contributed by atoms with van der Waals surface area (Å²) in [5.74, 6) is 1.05. The molecule has 114 valence electrons. The molecule has 4 nitrogen and oxygen atoms in total. The summed E-state index contributed by atoms with van der Waals surface area (Å²) in [7, 11) is 1.85. The van der Waals surface area contributed by atoms with Crippen molar-refractivity contribution in [1.82, 2.24) is 10.2 Å². The van der Waals surface area contributed by atoms with Gasteiger partial charge in [-0.05, 0) is 12.8 Å². The molecule has 0 bridgehead atoms. The zero-order chi connectivity index (χ0) is 15.4. The van der Waals surface area contributed by atoms with Crippen LogP contribution >= 0.6 is 0 Å². The van der Waals surface area contributed by atoms with E-state index in [2.05, 4.69) is 5.32 Å². The number of rotatable bonds is 0. The first-order valence-electron chi connectivity index (χ1n) is 7.55. The molecule has 2 heterocycles. The molecule has 2 rings (SSSR count). The number of likely N-dealkylation sites (tertiary alicyclic amines) is 1. The van der Waals surface area contributed by atoms with Crippen LogP contribution in [0.4, 0.5) is 0 Å². The van der Waals surface area contributed by atoms with Gasteiger partial charge in [0.05, 0.1) is 0 Å². The molecule has 2 fully saturated rings. The first-order valence-corrected chi connectivity index (χ1v) is 7.55. The maximum absolute atomic E-state index is 10.8. The standard InChI is InChI=1S/C6H11NO.C5H9NO.2C2H6/c1-5-3-4-7(2)6(5)8;1-4-2-3-6-5(4)7;2*1-2/h5H,3-4H2,1-2H3;4H,2-3H2,1H3,(H,6,7);2*1-2H3. The van der Waals surface area contributed by atoms with Gasteiger partial charge in [0.15, 0.2) is 0 Å². The van der Waals surface area contributed by atoms with E-state index in [1.807, 2.05) is 48.6 Å². The molecule has 4 heteroatoms. The molecule has 19 heavy (non-hydrogen) atoms. The summed E-state index contributed by atoms with van der Waals surface area (Å²) < 4.78 is 0. The van der Waals surface area contributed by atoms with Crippen molar-refractivity contribution in [3.63, 3.8) is 0 Å². The zero-order valence-electron chi connectivity index (χ0n) is 13.7. The number of nitrogens with zero attached hydrogens (tertiary/aromatic N) is 1. The number of nitrogens with one attached hydrogen (secondary N) is 1. The van der Waals surface area contributed by atoms with Crippen molar-refractivity contribution in [3.8, 4) is 0 Å². The van der Waals surface area contributed by atoms with Gasteiger partial charge in [-0.3, -0.25) is 9.59 Å². The van der Waals surface area contributed by atoms with Crippen LogP contribution in [0.3, 0.4) is 0 Å².